The summed E-state index contributed by atoms with van der Waals surface area (Å²) in [6, 6.07) is 0. The maximum atomic E-state index is 10.2. The van der Waals surface area contributed by atoms with Crippen molar-refractivity contribution < 1.29 is 17.5 Å². The molecule has 0 aromatic rings. The summed E-state index contributed by atoms with van der Waals surface area (Å²) in [6.45, 7) is 0.272. The maximum Gasteiger partial charge on any atom is 0.436 e. The Labute approximate surface area is 55.8 Å². The Morgan fingerprint density at radius 2 is 1.89 bits per heavy atom. The summed E-state index contributed by atoms with van der Waals surface area (Å²) in [4.78, 5) is 0. The summed E-state index contributed by atoms with van der Waals surface area (Å²) in [5.74, 6) is 0. The maximum absolute atomic E-state index is 10.2. The van der Waals surface area contributed by atoms with Gasteiger partial charge in [-0.15, -0.1) is 0 Å². The van der Waals surface area contributed by atoms with Crippen LogP contribution in [0.1, 0.15) is 13.8 Å². The van der Waals surface area contributed by atoms with E-state index in [1.54, 1.807) is 13.8 Å². The Balaban J connectivity index is 3.79. The third-order valence-electron chi connectivity index (χ3n) is 0.396. The topological polar surface area (TPSA) is 60.4 Å². The molecule has 0 bridgehead atoms. The van der Waals surface area contributed by atoms with E-state index in [9.17, 15) is 13.3 Å². The molecule has 0 aromatic carbocycles. The molecule has 0 saturated heterocycles. The van der Waals surface area contributed by atoms with Crippen LogP contribution in [-0.4, -0.2) is 10.3 Å². The normalized spacial score (nSPS) is 13.7. The van der Waals surface area contributed by atoms with Crippen LogP contribution in [0.4, 0.5) is 0 Å². The molecule has 0 rings (SSSR count). The van der Waals surface area contributed by atoms with Gasteiger partial charge in [-0.3, -0.25) is 4.18 Å². The van der Waals surface area contributed by atoms with Gasteiger partial charge in [0.15, 0.2) is 0 Å². The van der Waals surface area contributed by atoms with E-state index in [1.807, 2.05) is 0 Å². The van der Waals surface area contributed by atoms with Crippen LogP contribution < -0.4 is 0 Å². The molecule has 0 aliphatic rings. The van der Waals surface area contributed by atoms with E-state index in [4.69, 9.17) is 0 Å². The van der Waals surface area contributed by atoms with Gasteiger partial charge in [-0.25, -0.2) is 13.3 Å². The Bertz CT molecular complexity index is 165. The van der Waals surface area contributed by atoms with Crippen molar-refractivity contribution in [1.82, 2.24) is 0 Å². The average Bonchev–Trinajstić information content (AvgIpc) is 1.63. The first-order valence-electron chi connectivity index (χ1n) is 2.27. The van der Waals surface area contributed by atoms with Gasteiger partial charge in [0.1, 0.15) is 0 Å². The van der Waals surface area contributed by atoms with E-state index in [0.717, 1.165) is 0 Å². The zero-order valence-corrected chi connectivity index (χ0v) is 6.78. The van der Waals surface area contributed by atoms with E-state index >= 15 is 0 Å². The zero-order valence-electron chi connectivity index (χ0n) is 5.07. The molecule has 1 unspecified atom stereocenters. The molecular weight excluding hydrogens is 163 g/mol. The van der Waals surface area contributed by atoms with Gasteiger partial charge in [0.2, 0.25) is 0 Å². The first-order chi connectivity index (χ1) is 4.04. The lowest BCUT2D eigenvalue weighted by molar-refractivity contribution is 0.275. The predicted molar refractivity (Wildman–Crippen MR) is 32.7 cm³/mol. The third kappa shape index (κ3) is 4.51. The molecule has 0 saturated carbocycles. The van der Waals surface area contributed by atoms with Crippen LogP contribution in [-0.2, 0) is 24.0 Å². The fourth-order valence-electron chi connectivity index (χ4n) is 0.200. The standard InChI is InChI=1S/C3H7O4PS/c1-3(2)7-9(6)8(4)5/h3H,1-2H3. The van der Waals surface area contributed by atoms with Crippen molar-refractivity contribution in [3.63, 3.8) is 0 Å². The van der Waals surface area contributed by atoms with Gasteiger partial charge in [0.05, 0.1) is 6.10 Å². The SMILES string of the molecule is CC(C)OS(=O)P(=O)=O. The Hall–Kier alpha value is 0.01000. The van der Waals surface area contributed by atoms with E-state index in [1.165, 1.54) is 0 Å². The molecule has 9 heavy (non-hydrogen) atoms. The fourth-order valence-corrected chi connectivity index (χ4v) is 1.33. The largest absolute Gasteiger partial charge is 0.436 e. The molecule has 0 radical (unpaired) electrons. The van der Waals surface area contributed by atoms with E-state index < -0.39 is 17.6 Å². The highest BCUT2D eigenvalue weighted by Gasteiger charge is 2.07. The Morgan fingerprint density at radius 3 is 2.00 bits per heavy atom. The van der Waals surface area contributed by atoms with Crippen LogP contribution in [0.2, 0.25) is 0 Å². The van der Waals surface area contributed by atoms with Crippen LogP contribution in [0, 0.1) is 0 Å². The van der Waals surface area contributed by atoms with Gasteiger partial charge in [-0.2, -0.15) is 0 Å². The minimum Gasteiger partial charge on any atom is -0.276 e. The summed E-state index contributed by atoms with van der Waals surface area (Å²) in [5, 5.41) is 0. The van der Waals surface area contributed by atoms with Gasteiger partial charge in [0.25, 0.3) is 10.7 Å². The highest BCUT2D eigenvalue weighted by atomic mass is 32.7. The van der Waals surface area contributed by atoms with Gasteiger partial charge < -0.3 is 0 Å². The van der Waals surface area contributed by atoms with E-state index in [-0.39, 0.29) is 6.10 Å². The van der Waals surface area contributed by atoms with Gasteiger partial charge in [0, 0.05) is 0 Å². The quantitative estimate of drug-likeness (QED) is 0.596. The molecule has 0 spiro atoms. The van der Waals surface area contributed by atoms with E-state index in [2.05, 4.69) is 4.18 Å². The molecule has 0 amide bonds. The highest BCUT2D eigenvalue weighted by Crippen LogP contribution is 2.13. The second-order valence-electron chi connectivity index (χ2n) is 1.59. The predicted octanol–water partition coefficient (Wildman–Crippen LogP) is 1.16. The van der Waals surface area contributed by atoms with Crippen molar-refractivity contribution in [2.75, 3.05) is 0 Å². The van der Waals surface area contributed by atoms with Gasteiger partial charge in [-0.1, -0.05) is 0 Å². The van der Waals surface area contributed by atoms with Crippen LogP contribution >= 0.6 is 6.88 Å². The van der Waals surface area contributed by atoms with Gasteiger partial charge >= 0.3 is 6.88 Å². The molecule has 54 valence electrons. The van der Waals surface area contributed by atoms with Crippen molar-refractivity contribution in [2.45, 2.75) is 20.0 Å². The average molecular weight is 170 g/mol. The van der Waals surface area contributed by atoms with Gasteiger partial charge in [-0.05, 0) is 13.8 Å². The number of hydrogen-bond donors (Lipinski definition) is 0. The van der Waals surface area contributed by atoms with Crippen LogP contribution in [0.15, 0.2) is 0 Å². The Kier molecular flexibility index (Phi) is 3.93. The van der Waals surface area contributed by atoms with Crippen LogP contribution in [0.3, 0.4) is 0 Å². The lowest BCUT2D eigenvalue weighted by Gasteiger charge is -1.97. The smallest absolute Gasteiger partial charge is 0.276 e. The lowest BCUT2D eigenvalue weighted by atomic mass is 10.5. The molecule has 4 nitrogen and oxygen atoms in total. The second kappa shape index (κ2) is 3.93. The first-order valence-corrected chi connectivity index (χ1v) is 5.13. The molecular formula is C3H7O4PS. The molecule has 6 heteroatoms. The minimum atomic E-state index is -2.94. The van der Waals surface area contributed by atoms with Crippen LogP contribution in [0.5, 0.6) is 0 Å². The summed E-state index contributed by atoms with van der Waals surface area (Å²) in [5.41, 5.74) is 0. The first kappa shape index (κ1) is 9.01. The number of rotatable bonds is 3. The van der Waals surface area contributed by atoms with Crippen molar-refractivity contribution >= 4 is 17.6 Å². The van der Waals surface area contributed by atoms with Crippen molar-refractivity contribution in [3.8, 4) is 0 Å². The monoisotopic (exact) mass is 170 g/mol. The van der Waals surface area contributed by atoms with Crippen molar-refractivity contribution in [3.05, 3.63) is 0 Å². The summed E-state index contributed by atoms with van der Waals surface area (Å²) < 4.78 is 34.3. The Morgan fingerprint density at radius 1 is 1.44 bits per heavy atom. The molecule has 1 atom stereocenters. The second-order valence-corrected chi connectivity index (χ2v) is 4.45. The van der Waals surface area contributed by atoms with E-state index in [0.29, 0.717) is 0 Å². The van der Waals surface area contributed by atoms with Crippen LogP contribution in [0.25, 0.3) is 0 Å². The molecule has 0 fully saturated rings. The fraction of sp³-hybridized carbons (Fsp3) is 1.00. The highest BCUT2D eigenvalue weighted by molar-refractivity contribution is 8.35. The molecule has 0 N–H and O–H groups in total. The summed E-state index contributed by atoms with van der Waals surface area (Å²) >= 11 is 0. The number of hydrogen-bond acceptors (Lipinski definition) is 4. The molecule has 0 aliphatic carbocycles. The minimum absolute atomic E-state index is 0.321. The van der Waals surface area contributed by atoms with Crippen molar-refractivity contribution in [2.24, 2.45) is 0 Å². The molecule has 0 aromatic heterocycles. The lowest BCUT2D eigenvalue weighted by Crippen LogP contribution is -2.00. The van der Waals surface area contributed by atoms with Crippen molar-refractivity contribution in [1.29, 1.82) is 0 Å². The molecule has 0 aliphatic heterocycles. The molecule has 0 heterocycles. The third-order valence-corrected chi connectivity index (χ3v) is 2.18. The summed E-state index contributed by atoms with van der Waals surface area (Å²) in [6.07, 6.45) is -0.321. The summed E-state index contributed by atoms with van der Waals surface area (Å²) in [7, 11) is -2.15. The zero-order chi connectivity index (χ0) is 7.44.